The number of nitrogens with two attached hydrogens (primary N) is 1. The van der Waals surface area contributed by atoms with Gasteiger partial charge >= 0.3 is 0 Å². The molecule has 0 saturated carbocycles. The van der Waals surface area contributed by atoms with Crippen molar-refractivity contribution in [3.63, 3.8) is 0 Å². The van der Waals surface area contributed by atoms with Crippen molar-refractivity contribution in [2.45, 2.75) is 11.2 Å². The van der Waals surface area contributed by atoms with E-state index in [0.717, 1.165) is 13.1 Å². The molecule has 1 saturated heterocycles. The fourth-order valence-corrected chi connectivity index (χ4v) is 4.41. The van der Waals surface area contributed by atoms with E-state index in [-0.39, 0.29) is 17.9 Å². The van der Waals surface area contributed by atoms with E-state index in [2.05, 4.69) is 68.4 Å². The number of aromatic nitrogens is 3. The number of piperazine rings is 1. The molecule has 1 aromatic heterocycles. The van der Waals surface area contributed by atoms with Gasteiger partial charge in [-0.3, -0.25) is 9.69 Å². The highest BCUT2D eigenvalue weighted by Gasteiger charge is 2.28. The number of carbonyl (C=O) groups is 1. The number of amides is 1. The Morgan fingerprint density at radius 1 is 0.933 bits per heavy atom. The van der Waals surface area contributed by atoms with Gasteiger partial charge in [0.25, 0.3) is 0 Å². The van der Waals surface area contributed by atoms with Crippen LogP contribution >= 0.6 is 11.8 Å². The van der Waals surface area contributed by atoms with Gasteiger partial charge in [0, 0.05) is 26.2 Å². The van der Waals surface area contributed by atoms with E-state index in [1.54, 1.807) is 0 Å². The Balaban J connectivity index is 1.39. The highest BCUT2D eigenvalue weighted by molar-refractivity contribution is 7.99. The van der Waals surface area contributed by atoms with Crippen molar-refractivity contribution in [2.75, 3.05) is 37.7 Å². The summed E-state index contributed by atoms with van der Waals surface area (Å²) >= 11 is 1.29. The minimum absolute atomic E-state index is 0.0922. The van der Waals surface area contributed by atoms with Gasteiger partial charge in [-0.15, -0.1) is 0 Å². The molecule has 2 N–H and O–H groups in total. The second kappa shape index (κ2) is 9.69. The summed E-state index contributed by atoms with van der Waals surface area (Å²) in [6, 6.07) is 21.3. The molecule has 0 atom stereocenters. The molecule has 0 radical (unpaired) electrons. The summed E-state index contributed by atoms with van der Waals surface area (Å²) in [5.41, 5.74) is 8.11. The zero-order valence-corrected chi connectivity index (χ0v) is 17.4. The molecular formula is C22H24N6OS. The smallest absolute Gasteiger partial charge is 0.233 e. The Bertz CT molecular complexity index is 924. The van der Waals surface area contributed by atoms with Gasteiger partial charge in [0.1, 0.15) is 6.33 Å². The average molecular weight is 421 g/mol. The summed E-state index contributed by atoms with van der Waals surface area (Å²) in [6.45, 7) is 3.05. The molecule has 154 valence electrons. The van der Waals surface area contributed by atoms with E-state index >= 15 is 0 Å². The molecule has 1 aliphatic heterocycles. The standard InChI is InChI=1S/C22H24N6OS/c23-21-24-16-25-22(26-21)30-15-19(29)27-11-13-28(14-12-27)20(17-7-3-1-4-8-17)18-9-5-2-6-10-18/h1-10,16,20H,11-15H2,(H2,23,24,25,26). The predicted molar refractivity (Wildman–Crippen MR) is 118 cm³/mol. The molecule has 3 aromatic rings. The largest absolute Gasteiger partial charge is 0.368 e. The molecule has 8 heteroatoms. The van der Waals surface area contributed by atoms with E-state index in [0.29, 0.717) is 24.0 Å². The zero-order chi connectivity index (χ0) is 20.8. The third-order valence-electron chi connectivity index (χ3n) is 5.16. The van der Waals surface area contributed by atoms with Crippen molar-refractivity contribution >= 4 is 23.6 Å². The minimum Gasteiger partial charge on any atom is -0.368 e. The van der Waals surface area contributed by atoms with E-state index in [1.807, 2.05) is 17.0 Å². The van der Waals surface area contributed by atoms with Crippen LogP contribution < -0.4 is 5.73 Å². The number of rotatable bonds is 6. The molecule has 7 nitrogen and oxygen atoms in total. The molecule has 0 bridgehead atoms. The zero-order valence-electron chi connectivity index (χ0n) is 16.6. The van der Waals surface area contributed by atoms with Crippen LogP contribution in [0, 0.1) is 0 Å². The van der Waals surface area contributed by atoms with Gasteiger partial charge in [0.2, 0.25) is 11.9 Å². The fraction of sp³-hybridized carbons (Fsp3) is 0.273. The van der Waals surface area contributed by atoms with Gasteiger partial charge < -0.3 is 10.6 Å². The second-order valence-electron chi connectivity index (χ2n) is 7.06. The second-order valence-corrected chi connectivity index (χ2v) is 8.00. The van der Waals surface area contributed by atoms with Crippen LogP contribution in [-0.2, 0) is 4.79 Å². The summed E-state index contributed by atoms with van der Waals surface area (Å²) < 4.78 is 0. The first-order valence-electron chi connectivity index (χ1n) is 9.90. The maximum atomic E-state index is 12.7. The number of nitrogens with zero attached hydrogens (tertiary/aromatic N) is 5. The summed E-state index contributed by atoms with van der Waals surface area (Å²) in [4.78, 5) is 28.9. The van der Waals surface area contributed by atoms with Crippen molar-refractivity contribution in [1.82, 2.24) is 24.8 Å². The lowest BCUT2D eigenvalue weighted by Gasteiger charge is -2.39. The maximum absolute atomic E-state index is 12.7. The van der Waals surface area contributed by atoms with Crippen LogP contribution in [0.2, 0.25) is 0 Å². The van der Waals surface area contributed by atoms with Crippen molar-refractivity contribution < 1.29 is 4.79 Å². The van der Waals surface area contributed by atoms with Gasteiger partial charge in [-0.05, 0) is 11.1 Å². The van der Waals surface area contributed by atoms with E-state index in [1.165, 1.54) is 29.2 Å². The topological polar surface area (TPSA) is 88.2 Å². The number of benzene rings is 2. The van der Waals surface area contributed by atoms with Crippen LogP contribution in [0.3, 0.4) is 0 Å². The van der Waals surface area contributed by atoms with Crippen LogP contribution in [0.15, 0.2) is 72.1 Å². The van der Waals surface area contributed by atoms with Crippen LogP contribution in [0.4, 0.5) is 5.95 Å². The molecule has 4 rings (SSSR count). The number of hydrogen-bond donors (Lipinski definition) is 1. The van der Waals surface area contributed by atoms with E-state index < -0.39 is 0 Å². The molecule has 1 amide bonds. The van der Waals surface area contributed by atoms with Crippen LogP contribution in [0.5, 0.6) is 0 Å². The molecule has 1 fully saturated rings. The van der Waals surface area contributed by atoms with Gasteiger partial charge in [-0.25, -0.2) is 9.97 Å². The molecule has 0 aliphatic carbocycles. The predicted octanol–water partition coefficient (Wildman–Crippen LogP) is 2.48. The Labute approximate surface area is 180 Å². The van der Waals surface area contributed by atoms with Gasteiger partial charge in [0.15, 0.2) is 5.16 Å². The third-order valence-corrected chi connectivity index (χ3v) is 6.00. The quantitative estimate of drug-likeness (QED) is 0.613. The van der Waals surface area contributed by atoms with Crippen LogP contribution in [0.1, 0.15) is 17.2 Å². The van der Waals surface area contributed by atoms with Crippen LogP contribution in [0.25, 0.3) is 0 Å². The summed E-state index contributed by atoms with van der Waals surface area (Å²) in [5.74, 6) is 0.556. The summed E-state index contributed by atoms with van der Waals surface area (Å²) in [7, 11) is 0. The molecule has 2 aromatic carbocycles. The normalized spacial score (nSPS) is 14.8. The van der Waals surface area contributed by atoms with Crippen molar-refractivity contribution in [2.24, 2.45) is 0 Å². The fourth-order valence-electron chi connectivity index (χ4n) is 3.69. The Morgan fingerprint density at radius 2 is 1.53 bits per heavy atom. The number of nitrogen functional groups attached to an aromatic ring is 1. The van der Waals surface area contributed by atoms with Gasteiger partial charge in [-0.2, -0.15) is 4.98 Å². The molecule has 0 unspecified atom stereocenters. The van der Waals surface area contributed by atoms with E-state index in [9.17, 15) is 4.79 Å². The number of thioether (sulfide) groups is 1. The van der Waals surface area contributed by atoms with Gasteiger partial charge in [-0.1, -0.05) is 72.4 Å². The van der Waals surface area contributed by atoms with Gasteiger partial charge in [0.05, 0.1) is 11.8 Å². The van der Waals surface area contributed by atoms with E-state index in [4.69, 9.17) is 5.73 Å². The molecule has 0 spiro atoms. The number of anilines is 1. The third kappa shape index (κ3) is 4.95. The molecular weight excluding hydrogens is 396 g/mol. The average Bonchev–Trinajstić information content (AvgIpc) is 2.80. The molecule has 1 aliphatic rings. The highest BCUT2D eigenvalue weighted by Crippen LogP contribution is 2.29. The Hall–Kier alpha value is -2.97. The SMILES string of the molecule is Nc1ncnc(SCC(=O)N2CCN(C(c3ccccc3)c3ccccc3)CC2)n1. The first-order chi connectivity index (χ1) is 14.7. The summed E-state index contributed by atoms with van der Waals surface area (Å²) in [5, 5.41) is 0.475. The lowest BCUT2D eigenvalue weighted by atomic mass is 9.96. The molecule has 30 heavy (non-hydrogen) atoms. The Morgan fingerprint density at radius 3 is 2.10 bits per heavy atom. The maximum Gasteiger partial charge on any atom is 0.233 e. The molecule has 2 heterocycles. The van der Waals surface area contributed by atoms with Crippen molar-refractivity contribution in [1.29, 1.82) is 0 Å². The first kappa shape index (κ1) is 20.3. The lowest BCUT2D eigenvalue weighted by Crippen LogP contribution is -2.50. The monoisotopic (exact) mass is 420 g/mol. The van der Waals surface area contributed by atoms with Crippen LogP contribution in [-0.4, -0.2) is 62.6 Å². The summed E-state index contributed by atoms with van der Waals surface area (Å²) in [6.07, 6.45) is 1.36. The minimum atomic E-state index is 0.0922. The highest BCUT2D eigenvalue weighted by atomic mass is 32.2. The van der Waals surface area contributed by atoms with Crippen molar-refractivity contribution in [3.8, 4) is 0 Å². The Kier molecular flexibility index (Phi) is 6.56. The number of hydrogen-bond acceptors (Lipinski definition) is 7. The first-order valence-corrected chi connectivity index (χ1v) is 10.9. The number of carbonyl (C=O) groups excluding carboxylic acids is 1. The van der Waals surface area contributed by atoms with Crippen molar-refractivity contribution in [3.05, 3.63) is 78.1 Å². The lowest BCUT2D eigenvalue weighted by molar-refractivity contribution is -0.130.